The molecule has 0 bridgehead atoms. The molecule has 2 atom stereocenters. The van der Waals surface area contributed by atoms with Gasteiger partial charge in [-0.1, -0.05) is 19.6 Å². The molecule has 20 heavy (non-hydrogen) atoms. The minimum Gasteiger partial charge on any atom is -0.469 e. The highest BCUT2D eigenvalue weighted by Crippen LogP contribution is 2.48. The van der Waals surface area contributed by atoms with Crippen LogP contribution in [0.2, 0.25) is 25.7 Å². The van der Waals surface area contributed by atoms with E-state index in [1.165, 1.54) is 0 Å². The van der Waals surface area contributed by atoms with Gasteiger partial charge in [-0.15, -0.1) is 0 Å². The Morgan fingerprint density at radius 1 is 1.35 bits per heavy atom. The first-order chi connectivity index (χ1) is 9.12. The molecule has 0 spiro atoms. The Hall–Kier alpha value is -0.273. The number of aliphatic hydroxyl groups is 1. The molecule has 0 aromatic carbocycles. The fraction of sp³-hybridized carbons (Fsp3) is 0.909. The number of alkyl halides is 1. The summed E-state index contributed by atoms with van der Waals surface area (Å²) in [4.78, 5) is 11.2. The van der Waals surface area contributed by atoms with Crippen molar-refractivity contribution in [1.82, 2.24) is 0 Å². The van der Waals surface area contributed by atoms with Crippen molar-refractivity contribution < 1.29 is 32.6 Å². The highest BCUT2D eigenvalue weighted by molar-refractivity contribution is 7.54. The fourth-order valence-electron chi connectivity index (χ4n) is 1.09. The maximum Gasteiger partial charge on any atom is 0.341 e. The molecule has 9 heteroatoms. The van der Waals surface area contributed by atoms with Crippen LogP contribution in [0.5, 0.6) is 0 Å². The number of methoxy groups -OCH3 is 1. The molecule has 0 heterocycles. The van der Waals surface area contributed by atoms with Crippen LogP contribution in [0.1, 0.15) is 0 Å². The van der Waals surface area contributed by atoms with E-state index >= 15 is 0 Å². The Kier molecular flexibility index (Phi) is 8.77. The zero-order chi connectivity index (χ0) is 15.8. The topological polar surface area (TPSA) is 82.1 Å². The van der Waals surface area contributed by atoms with Crippen molar-refractivity contribution in [2.45, 2.75) is 31.8 Å². The summed E-state index contributed by atoms with van der Waals surface area (Å²) in [6, 6.07) is 0.743. The standard InChI is InChI=1S/C11H24FO6PSi/c1-16-11(14)9-19(15,18-8-10(13)7-12)17-5-6-20(2,3)4/h10,13H,5-9H2,1-4H3/t10-,19?/m1/s1. The number of esters is 1. The molecule has 0 aliphatic carbocycles. The van der Waals surface area contributed by atoms with E-state index in [0.717, 1.165) is 13.2 Å². The van der Waals surface area contributed by atoms with Crippen LogP contribution in [0.25, 0.3) is 0 Å². The number of halogens is 1. The Balaban J connectivity index is 4.53. The van der Waals surface area contributed by atoms with Crippen molar-refractivity contribution in [3.8, 4) is 0 Å². The summed E-state index contributed by atoms with van der Waals surface area (Å²) in [5.41, 5.74) is 0. The van der Waals surface area contributed by atoms with Gasteiger partial charge in [0.2, 0.25) is 0 Å². The second-order valence-corrected chi connectivity index (χ2v) is 13.3. The molecular formula is C11H24FO6PSi. The molecule has 0 aliphatic heterocycles. The van der Waals surface area contributed by atoms with Crippen LogP contribution < -0.4 is 0 Å². The van der Waals surface area contributed by atoms with Crippen molar-refractivity contribution in [2.75, 3.05) is 33.2 Å². The van der Waals surface area contributed by atoms with Gasteiger partial charge < -0.3 is 18.9 Å². The minimum absolute atomic E-state index is 0.190. The highest BCUT2D eigenvalue weighted by Gasteiger charge is 2.31. The maximum absolute atomic E-state index is 12.3. The predicted molar refractivity (Wildman–Crippen MR) is 76.5 cm³/mol. The van der Waals surface area contributed by atoms with Crippen LogP contribution in [0.4, 0.5) is 4.39 Å². The highest BCUT2D eigenvalue weighted by atomic mass is 31.2. The van der Waals surface area contributed by atoms with Gasteiger partial charge in [0.1, 0.15) is 18.9 Å². The third-order valence-corrected chi connectivity index (χ3v) is 5.80. The summed E-state index contributed by atoms with van der Waals surface area (Å²) in [5, 5.41) is 9.08. The van der Waals surface area contributed by atoms with E-state index in [-0.39, 0.29) is 6.61 Å². The number of carbonyl (C=O) groups is 1. The monoisotopic (exact) mass is 330 g/mol. The average molecular weight is 330 g/mol. The van der Waals surface area contributed by atoms with Gasteiger partial charge in [-0.25, -0.2) is 4.39 Å². The van der Waals surface area contributed by atoms with Crippen LogP contribution in [0.15, 0.2) is 0 Å². The molecule has 0 fully saturated rings. The molecule has 6 nitrogen and oxygen atoms in total. The Morgan fingerprint density at radius 2 is 1.95 bits per heavy atom. The largest absolute Gasteiger partial charge is 0.469 e. The summed E-state index contributed by atoms with van der Waals surface area (Å²) in [6.07, 6.45) is -1.93. The minimum atomic E-state index is -3.72. The average Bonchev–Trinajstić information content (AvgIpc) is 2.34. The summed E-state index contributed by atoms with van der Waals surface area (Å²) in [6.45, 7) is 5.04. The first-order valence-corrected chi connectivity index (χ1v) is 11.7. The van der Waals surface area contributed by atoms with Gasteiger partial charge in [-0.05, 0) is 6.04 Å². The summed E-state index contributed by atoms with van der Waals surface area (Å²) >= 11 is 0. The van der Waals surface area contributed by atoms with E-state index in [1.807, 2.05) is 0 Å². The number of carbonyl (C=O) groups excluding carboxylic acids is 1. The molecule has 0 aliphatic rings. The van der Waals surface area contributed by atoms with Gasteiger partial charge >= 0.3 is 13.6 Å². The van der Waals surface area contributed by atoms with Gasteiger partial charge in [0.25, 0.3) is 0 Å². The van der Waals surface area contributed by atoms with Crippen molar-refractivity contribution >= 4 is 21.6 Å². The Bertz CT molecular complexity index is 346. The molecule has 1 N–H and O–H groups in total. The number of aliphatic hydroxyl groups excluding tert-OH is 1. The fourth-order valence-corrected chi connectivity index (χ4v) is 3.44. The quantitative estimate of drug-likeness (QED) is 0.375. The van der Waals surface area contributed by atoms with Gasteiger partial charge in [-0.2, -0.15) is 0 Å². The van der Waals surface area contributed by atoms with Crippen LogP contribution in [-0.4, -0.2) is 58.4 Å². The van der Waals surface area contributed by atoms with Gasteiger partial charge in [0.15, 0.2) is 0 Å². The number of hydrogen-bond donors (Lipinski definition) is 1. The lowest BCUT2D eigenvalue weighted by molar-refractivity contribution is -0.137. The predicted octanol–water partition coefficient (Wildman–Crippen LogP) is 2.05. The molecular weight excluding hydrogens is 306 g/mol. The Morgan fingerprint density at radius 3 is 2.40 bits per heavy atom. The molecule has 0 saturated carbocycles. The van der Waals surface area contributed by atoms with E-state index in [4.69, 9.17) is 14.2 Å². The molecule has 0 aromatic rings. The van der Waals surface area contributed by atoms with E-state index in [0.29, 0.717) is 0 Å². The number of hydrogen-bond acceptors (Lipinski definition) is 6. The number of rotatable bonds is 10. The smallest absolute Gasteiger partial charge is 0.341 e. The zero-order valence-corrected chi connectivity index (χ0v) is 14.3. The third-order valence-electron chi connectivity index (χ3n) is 2.33. The molecule has 0 saturated heterocycles. The maximum atomic E-state index is 12.3. The molecule has 0 rings (SSSR count). The van der Waals surface area contributed by atoms with E-state index < -0.39 is 47.2 Å². The molecule has 0 radical (unpaired) electrons. The molecule has 0 aromatic heterocycles. The molecule has 120 valence electrons. The number of ether oxygens (including phenoxy) is 1. The van der Waals surface area contributed by atoms with Crippen molar-refractivity contribution in [3.05, 3.63) is 0 Å². The van der Waals surface area contributed by atoms with Crippen LogP contribution >= 0.6 is 7.60 Å². The third kappa shape index (κ3) is 9.60. The van der Waals surface area contributed by atoms with Crippen molar-refractivity contribution in [3.63, 3.8) is 0 Å². The molecule has 0 amide bonds. The first-order valence-electron chi connectivity index (χ1n) is 6.31. The first kappa shape index (κ1) is 19.7. The SMILES string of the molecule is COC(=O)CP(=O)(OCC[Si](C)(C)C)OC[C@H](O)CF. The van der Waals surface area contributed by atoms with Crippen molar-refractivity contribution in [1.29, 1.82) is 0 Å². The van der Waals surface area contributed by atoms with E-state index in [1.54, 1.807) is 0 Å². The molecule has 1 unspecified atom stereocenters. The normalized spacial score (nSPS) is 16.5. The second-order valence-electron chi connectivity index (χ2n) is 5.59. The Labute approximate surface area is 120 Å². The zero-order valence-electron chi connectivity index (χ0n) is 12.4. The summed E-state index contributed by atoms with van der Waals surface area (Å²) < 4.78 is 39.0. The van der Waals surface area contributed by atoms with Gasteiger partial charge in [0.05, 0.1) is 20.3 Å². The lowest BCUT2D eigenvalue weighted by atomic mass is 10.4. The van der Waals surface area contributed by atoms with E-state index in [2.05, 4.69) is 24.4 Å². The lowest BCUT2D eigenvalue weighted by Gasteiger charge is -2.21. The summed E-state index contributed by atoms with van der Waals surface area (Å²) in [7, 11) is -3.95. The van der Waals surface area contributed by atoms with Crippen LogP contribution in [0.3, 0.4) is 0 Å². The van der Waals surface area contributed by atoms with Crippen LogP contribution in [-0.2, 0) is 23.1 Å². The lowest BCUT2D eigenvalue weighted by Crippen LogP contribution is -2.23. The van der Waals surface area contributed by atoms with Crippen LogP contribution in [0, 0.1) is 0 Å². The second kappa shape index (κ2) is 8.89. The van der Waals surface area contributed by atoms with Gasteiger partial charge in [0, 0.05) is 8.07 Å². The summed E-state index contributed by atoms with van der Waals surface area (Å²) in [5.74, 6) is -0.740. The van der Waals surface area contributed by atoms with Crippen molar-refractivity contribution in [2.24, 2.45) is 0 Å². The van der Waals surface area contributed by atoms with Gasteiger partial charge in [-0.3, -0.25) is 9.36 Å². The van der Waals surface area contributed by atoms with E-state index in [9.17, 15) is 13.8 Å².